The molecule has 1 atom stereocenters. The zero-order valence-electron chi connectivity index (χ0n) is 14.7. The molecule has 1 heterocycles. The van der Waals surface area contributed by atoms with Crippen LogP contribution in [-0.2, 0) is 11.3 Å². The molecule has 0 aliphatic heterocycles. The molecule has 0 radical (unpaired) electrons. The molecule has 1 amide bonds. The second kappa shape index (κ2) is 7.81. The molecule has 2 N–H and O–H groups in total. The number of carbonyl (C=O) groups excluding carboxylic acids is 1. The van der Waals surface area contributed by atoms with Gasteiger partial charge in [0, 0.05) is 18.4 Å². The van der Waals surface area contributed by atoms with Crippen molar-refractivity contribution in [3.8, 4) is 6.07 Å². The summed E-state index contributed by atoms with van der Waals surface area (Å²) in [6.45, 7) is 5.70. The predicted molar refractivity (Wildman–Crippen MR) is 101 cm³/mol. The molecule has 0 spiro atoms. The molecule has 0 bridgehead atoms. The van der Waals surface area contributed by atoms with Crippen molar-refractivity contribution in [2.45, 2.75) is 45.2 Å². The summed E-state index contributed by atoms with van der Waals surface area (Å²) < 4.78 is 0. The van der Waals surface area contributed by atoms with Gasteiger partial charge in [-0.1, -0.05) is 38.1 Å². The largest absolute Gasteiger partial charge is 0.321 e. The minimum Gasteiger partial charge on any atom is -0.321 e. The first-order chi connectivity index (χ1) is 12.1. The van der Waals surface area contributed by atoms with Crippen molar-refractivity contribution in [2.24, 2.45) is 0 Å². The summed E-state index contributed by atoms with van der Waals surface area (Å²) in [4.78, 5) is 13.7. The highest BCUT2D eigenvalue weighted by Gasteiger charge is 2.34. The number of hydrogen-bond acceptors (Lipinski definition) is 3. The van der Waals surface area contributed by atoms with Crippen LogP contribution in [0.25, 0.3) is 0 Å². The van der Waals surface area contributed by atoms with E-state index in [-0.39, 0.29) is 5.91 Å². The minimum absolute atomic E-state index is 0.0142. The van der Waals surface area contributed by atoms with E-state index in [2.05, 4.69) is 49.5 Å². The fourth-order valence-electron chi connectivity index (χ4n) is 3.00. The Labute approximate surface area is 153 Å². The third-order valence-corrected chi connectivity index (χ3v) is 5.49. The van der Waals surface area contributed by atoms with Gasteiger partial charge in [-0.25, -0.2) is 0 Å². The van der Waals surface area contributed by atoms with E-state index < -0.39 is 0 Å². The molecular formula is C20H24N3OS+. The van der Waals surface area contributed by atoms with Gasteiger partial charge in [0.15, 0.2) is 6.54 Å². The number of nitrogens with one attached hydrogen (secondary N) is 2. The zero-order chi connectivity index (χ0) is 17.8. The van der Waals surface area contributed by atoms with Gasteiger partial charge in [0.2, 0.25) is 0 Å². The lowest BCUT2D eigenvalue weighted by Crippen LogP contribution is -3.13. The van der Waals surface area contributed by atoms with E-state index in [1.54, 1.807) is 6.07 Å². The first-order valence-electron chi connectivity index (χ1n) is 8.77. The number of quaternary nitrogens is 1. The van der Waals surface area contributed by atoms with Crippen molar-refractivity contribution >= 4 is 22.2 Å². The van der Waals surface area contributed by atoms with E-state index in [9.17, 15) is 4.79 Å². The third kappa shape index (κ3) is 4.68. The van der Waals surface area contributed by atoms with Gasteiger partial charge in [-0.2, -0.15) is 5.26 Å². The maximum Gasteiger partial charge on any atom is 0.280 e. The van der Waals surface area contributed by atoms with Crippen LogP contribution in [0.5, 0.6) is 0 Å². The lowest BCUT2D eigenvalue weighted by atomic mass is 10.0. The van der Waals surface area contributed by atoms with Crippen molar-refractivity contribution in [2.75, 3.05) is 11.9 Å². The van der Waals surface area contributed by atoms with Crippen LogP contribution in [0.3, 0.4) is 0 Å². The maximum atomic E-state index is 12.4. The predicted octanol–water partition coefficient (Wildman–Crippen LogP) is 2.93. The second-order valence-corrected chi connectivity index (χ2v) is 7.92. The molecule has 25 heavy (non-hydrogen) atoms. The lowest BCUT2D eigenvalue weighted by molar-refractivity contribution is -0.916. The molecule has 1 unspecified atom stereocenters. The first kappa shape index (κ1) is 17.7. The van der Waals surface area contributed by atoms with Crippen LogP contribution in [0.2, 0.25) is 0 Å². The van der Waals surface area contributed by atoms with Gasteiger partial charge in [0.1, 0.15) is 17.6 Å². The Balaban J connectivity index is 1.61. The summed E-state index contributed by atoms with van der Waals surface area (Å²) in [5, 5.41) is 14.4. The number of amides is 1. The highest BCUT2D eigenvalue weighted by Crippen LogP contribution is 2.22. The van der Waals surface area contributed by atoms with E-state index in [0.29, 0.717) is 29.1 Å². The summed E-state index contributed by atoms with van der Waals surface area (Å²) in [7, 11) is 0. The molecule has 2 aromatic rings. The molecular weight excluding hydrogens is 330 g/mol. The highest BCUT2D eigenvalue weighted by atomic mass is 32.1. The standard InChI is InChI=1S/C20H23N3OS/c1-14(2)16-5-3-15(4-6-16)12-23(18-7-8-18)13-19(24)22-20-17(11-21)9-10-25-20/h3-6,9-10,14,18H,7-8,12-13H2,1-2H3,(H,22,24)/p+1. The number of nitriles is 1. The summed E-state index contributed by atoms with van der Waals surface area (Å²) in [5.74, 6) is 0.520. The van der Waals surface area contributed by atoms with Crippen LogP contribution in [0, 0.1) is 11.3 Å². The Morgan fingerprint density at radius 3 is 2.64 bits per heavy atom. The molecule has 130 valence electrons. The number of anilines is 1. The lowest BCUT2D eigenvalue weighted by Gasteiger charge is -2.19. The topological polar surface area (TPSA) is 57.3 Å². The molecule has 1 fully saturated rings. The van der Waals surface area contributed by atoms with Gasteiger partial charge in [0.05, 0.1) is 11.6 Å². The zero-order valence-corrected chi connectivity index (χ0v) is 15.5. The van der Waals surface area contributed by atoms with E-state index in [1.807, 2.05) is 5.38 Å². The van der Waals surface area contributed by atoms with Crippen molar-refractivity contribution in [3.63, 3.8) is 0 Å². The number of carbonyl (C=O) groups is 1. The van der Waals surface area contributed by atoms with Gasteiger partial charge in [-0.3, -0.25) is 4.79 Å². The van der Waals surface area contributed by atoms with Gasteiger partial charge in [-0.15, -0.1) is 11.3 Å². The van der Waals surface area contributed by atoms with Crippen LogP contribution < -0.4 is 10.2 Å². The minimum atomic E-state index is -0.0142. The van der Waals surface area contributed by atoms with E-state index >= 15 is 0 Å². The average molecular weight is 354 g/mol. The van der Waals surface area contributed by atoms with Crippen molar-refractivity contribution in [1.82, 2.24) is 0 Å². The van der Waals surface area contributed by atoms with Crippen LogP contribution in [-0.4, -0.2) is 18.5 Å². The normalized spacial score (nSPS) is 15.0. The van der Waals surface area contributed by atoms with Gasteiger partial charge in [0.25, 0.3) is 5.91 Å². The molecule has 1 aliphatic rings. The Morgan fingerprint density at radius 2 is 2.04 bits per heavy atom. The van der Waals surface area contributed by atoms with Crippen molar-refractivity contribution in [3.05, 3.63) is 52.4 Å². The monoisotopic (exact) mass is 354 g/mol. The van der Waals surface area contributed by atoms with Gasteiger partial charge >= 0.3 is 0 Å². The SMILES string of the molecule is CC(C)c1ccc(C[NH+](CC(=O)Nc2sccc2C#N)C2CC2)cc1. The first-order valence-corrected chi connectivity index (χ1v) is 9.65. The van der Waals surface area contributed by atoms with Crippen molar-refractivity contribution in [1.29, 1.82) is 5.26 Å². The molecule has 0 saturated heterocycles. The molecule has 1 saturated carbocycles. The molecule has 3 rings (SSSR count). The van der Waals surface area contributed by atoms with Crippen LogP contribution >= 0.6 is 11.3 Å². The summed E-state index contributed by atoms with van der Waals surface area (Å²) in [6.07, 6.45) is 2.38. The van der Waals surface area contributed by atoms with Gasteiger partial charge in [-0.05, 0) is 22.9 Å². The van der Waals surface area contributed by atoms with Crippen molar-refractivity contribution < 1.29 is 9.69 Å². The van der Waals surface area contributed by atoms with Crippen LogP contribution in [0.1, 0.15) is 49.3 Å². The second-order valence-electron chi connectivity index (χ2n) is 7.01. The van der Waals surface area contributed by atoms with Gasteiger partial charge < -0.3 is 10.2 Å². The number of hydrogen-bond donors (Lipinski definition) is 2. The van der Waals surface area contributed by atoms with Crippen LogP contribution in [0.15, 0.2) is 35.7 Å². The number of nitrogens with zero attached hydrogens (tertiary/aromatic N) is 1. The molecule has 4 nitrogen and oxygen atoms in total. The summed E-state index contributed by atoms with van der Waals surface area (Å²) >= 11 is 1.40. The number of rotatable bonds is 7. The fourth-order valence-corrected chi connectivity index (χ4v) is 3.75. The molecule has 1 aliphatic carbocycles. The van der Waals surface area contributed by atoms with E-state index in [4.69, 9.17) is 5.26 Å². The Kier molecular flexibility index (Phi) is 5.52. The molecule has 1 aromatic heterocycles. The molecule has 5 heteroatoms. The third-order valence-electron chi connectivity index (χ3n) is 4.66. The quantitative estimate of drug-likeness (QED) is 0.803. The average Bonchev–Trinajstić information content (AvgIpc) is 3.35. The Hall–Kier alpha value is -2.16. The Bertz CT molecular complexity index is 769. The maximum absolute atomic E-state index is 12.4. The van der Waals surface area contributed by atoms with Crippen LogP contribution in [0.4, 0.5) is 5.00 Å². The summed E-state index contributed by atoms with van der Waals surface area (Å²) in [6, 6.07) is 13.2. The highest BCUT2D eigenvalue weighted by molar-refractivity contribution is 7.14. The fraction of sp³-hybridized carbons (Fsp3) is 0.400. The van der Waals surface area contributed by atoms with E-state index in [0.717, 1.165) is 6.54 Å². The summed E-state index contributed by atoms with van der Waals surface area (Å²) in [5.41, 5.74) is 3.15. The van der Waals surface area contributed by atoms with E-state index in [1.165, 1.54) is 40.2 Å². The number of thiophene rings is 1. The molecule has 1 aromatic carbocycles. The number of benzene rings is 1. The smallest absolute Gasteiger partial charge is 0.280 e. The Morgan fingerprint density at radius 1 is 1.32 bits per heavy atom.